The number of nitrogens with one attached hydrogen (secondary N) is 1. The first-order valence-corrected chi connectivity index (χ1v) is 12.4. The van der Waals surface area contributed by atoms with Crippen LogP contribution in [0, 0.1) is 0 Å². The van der Waals surface area contributed by atoms with Crippen molar-refractivity contribution in [3.63, 3.8) is 0 Å². The monoisotopic (exact) mass is 428 g/mol. The number of amides is 3. The highest BCUT2D eigenvalue weighted by Gasteiger charge is 2.36. The number of hydrogen-bond donors (Lipinski definition) is 1. The molecule has 0 bridgehead atoms. The highest BCUT2D eigenvalue weighted by atomic mass is 16.2. The van der Waals surface area contributed by atoms with E-state index >= 15 is 0 Å². The lowest BCUT2D eigenvalue weighted by molar-refractivity contribution is -0.121. The van der Waals surface area contributed by atoms with Gasteiger partial charge in [-0.25, -0.2) is 0 Å². The molecule has 0 atom stereocenters. The summed E-state index contributed by atoms with van der Waals surface area (Å²) < 4.78 is 0. The van der Waals surface area contributed by atoms with E-state index in [2.05, 4.69) is 12.2 Å². The molecule has 31 heavy (non-hydrogen) atoms. The Hall–Kier alpha value is -2.17. The van der Waals surface area contributed by atoms with Gasteiger partial charge in [0.2, 0.25) is 5.91 Å². The number of carbonyl (C=O) groups is 3. The highest BCUT2D eigenvalue weighted by Crippen LogP contribution is 2.21. The minimum Gasteiger partial charge on any atom is -0.355 e. The first kappa shape index (κ1) is 25.1. The van der Waals surface area contributed by atoms with Crippen molar-refractivity contribution >= 4 is 17.7 Å². The molecule has 0 saturated heterocycles. The lowest BCUT2D eigenvalue weighted by Gasteiger charge is -2.13. The number of rotatable bonds is 17. The molecule has 2 rings (SSSR count). The van der Waals surface area contributed by atoms with Gasteiger partial charge in [-0.3, -0.25) is 19.3 Å². The summed E-state index contributed by atoms with van der Waals surface area (Å²) in [7, 11) is 0. The van der Waals surface area contributed by atoms with E-state index in [9.17, 15) is 14.4 Å². The average Bonchev–Trinajstić information content (AvgIpc) is 3.01. The summed E-state index contributed by atoms with van der Waals surface area (Å²) in [4.78, 5) is 37.7. The second-order valence-electron chi connectivity index (χ2n) is 8.69. The second-order valence-corrected chi connectivity index (χ2v) is 8.69. The first-order valence-electron chi connectivity index (χ1n) is 12.4. The van der Waals surface area contributed by atoms with Crippen molar-refractivity contribution < 1.29 is 14.4 Å². The molecule has 1 aromatic rings. The lowest BCUT2D eigenvalue weighted by atomic mass is 10.0. The SMILES string of the molecule is CCCCCCCCCCCCCCCCNC(=O)CN1C(=O)c2ccccc2C1=O. The maximum Gasteiger partial charge on any atom is 0.262 e. The number of hydrogen-bond acceptors (Lipinski definition) is 3. The third kappa shape index (κ3) is 8.84. The Bertz CT molecular complexity index is 667. The maximum atomic E-state index is 12.3. The van der Waals surface area contributed by atoms with E-state index in [1.807, 2.05) is 0 Å². The summed E-state index contributed by atoms with van der Waals surface area (Å²) in [6, 6.07) is 6.70. The molecule has 0 aliphatic carbocycles. The zero-order valence-corrected chi connectivity index (χ0v) is 19.3. The number of imide groups is 1. The minimum atomic E-state index is -0.382. The van der Waals surface area contributed by atoms with Crippen LogP contribution in [0.15, 0.2) is 24.3 Å². The predicted octanol–water partition coefficient (Wildman–Crippen LogP) is 5.88. The Balaban J connectivity index is 1.42. The van der Waals surface area contributed by atoms with Crippen molar-refractivity contribution in [2.75, 3.05) is 13.1 Å². The largest absolute Gasteiger partial charge is 0.355 e. The van der Waals surface area contributed by atoms with Gasteiger partial charge in [-0.15, -0.1) is 0 Å². The predicted molar refractivity (Wildman–Crippen MR) is 125 cm³/mol. The van der Waals surface area contributed by atoms with Crippen LogP contribution in [0.3, 0.4) is 0 Å². The van der Waals surface area contributed by atoms with Gasteiger partial charge in [-0.05, 0) is 18.6 Å². The molecule has 1 aliphatic rings. The molecule has 0 aromatic heterocycles. The molecular weight excluding hydrogens is 388 g/mol. The maximum absolute atomic E-state index is 12.3. The van der Waals surface area contributed by atoms with Crippen LogP contribution in [-0.4, -0.2) is 35.7 Å². The molecule has 0 unspecified atom stereocenters. The van der Waals surface area contributed by atoms with E-state index < -0.39 is 0 Å². The lowest BCUT2D eigenvalue weighted by Crippen LogP contribution is -2.40. The molecule has 5 nitrogen and oxygen atoms in total. The fourth-order valence-electron chi connectivity index (χ4n) is 4.13. The van der Waals surface area contributed by atoms with Gasteiger partial charge in [0.05, 0.1) is 11.1 Å². The molecular formula is C26H40N2O3. The van der Waals surface area contributed by atoms with Crippen molar-refractivity contribution in [1.29, 1.82) is 0 Å². The van der Waals surface area contributed by atoms with Gasteiger partial charge in [0, 0.05) is 6.54 Å². The van der Waals surface area contributed by atoms with Crippen molar-refractivity contribution in [1.82, 2.24) is 10.2 Å². The number of fused-ring (bicyclic) bond motifs is 1. The molecule has 3 amide bonds. The van der Waals surface area contributed by atoms with Crippen LogP contribution in [0.5, 0.6) is 0 Å². The number of carbonyl (C=O) groups excluding carboxylic acids is 3. The first-order chi connectivity index (χ1) is 15.1. The number of unbranched alkanes of at least 4 members (excludes halogenated alkanes) is 13. The Kier molecular flexibility index (Phi) is 12.0. The van der Waals surface area contributed by atoms with E-state index in [-0.39, 0.29) is 24.3 Å². The van der Waals surface area contributed by atoms with Crippen molar-refractivity contribution in [2.45, 2.75) is 96.8 Å². The summed E-state index contributed by atoms with van der Waals surface area (Å²) in [6.45, 7) is 2.66. The van der Waals surface area contributed by atoms with Crippen LogP contribution in [0.25, 0.3) is 0 Å². The van der Waals surface area contributed by atoms with Crippen LogP contribution in [-0.2, 0) is 4.79 Å². The standard InChI is InChI=1S/C26H40N2O3/c1-2-3-4-5-6-7-8-9-10-11-12-13-14-17-20-27-24(29)21-28-25(30)22-18-15-16-19-23(22)26(28)31/h15-16,18-19H,2-14,17,20-21H2,1H3,(H,27,29). The third-order valence-electron chi connectivity index (χ3n) is 6.03. The van der Waals surface area contributed by atoms with Crippen LogP contribution in [0.2, 0.25) is 0 Å². The van der Waals surface area contributed by atoms with E-state index in [1.165, 1.54) is 77.0 Å². The fourth-order valence-corrected chi connectivity index (χ4v) is 4.13. The van der Waals surface area contributed by atoms with E-state index in [1.54, 1.807) is 24.3 Å². The third-order valence-corrected chi connectivity index (χ3v) is 6.03. The molecule has 5 heteroatoms. The van der Waals surface area contributed by atoms with Crippen LogP contribution < -0.4 is 5.32 Å². The van der Waals surface area contributed by atoms with Crippen molar-refractivity contribution in [2.24, 2.45) is 0 Å². The Labute approximate surface area is 188 Å². The summed E-state index contributed by atoms with van der Waals surface area (Å²) >= 11 is 0. The molecule has 0 radical (unpaired) electrons. The average molecular weight is 429 g/mol. The quantitative estimate of drug-likeness (QED) is 0.249. The Morgan fingerprint density at radius 1 is 0.710 bits per heavy atom. The van der Waals surface area contributed by atoms with E-state index in [0.29, 0.717) is 17.7 Å². The van der Waals surface area contributed by atoms with E-state index in [4.69, 9.17) is 0 Å². The number of benzene rings is 1. The highest BCUT2D eigenvalue weighted by molar-refractivity contribution is 6.22. The molecule has 0 spiro atoms. The topological polar surface area (TPSA) is 66.5 Å². The second kappa shape index (κ2) is 14.8. The van der Waals surface area contributed by atoms with Gasteiger partial charge in [-0.2, -0.15) is 0 Å². The van der Waals surface area contributed by atoms with Gasteiger partial charge < -0.3 is 5.32 Å². The summed E-state index contributed by atoms with van der Waals surface area (Å²) in [6.07, 6.45) is 18.2. The molecule has 1 aliphatic heterocycles. The van der Waals surface area contributed by atoms with Crippen LogP contribution >= 0.6 is 0 Å². The normalized spacial score (nSPS) is 13.0. The van der Waals surface area contributed by atoms with Crippen molar-refractivity contribution in [3.05, 3.63) is 35.4 Å². The van der Waals surface area contributed by atoms with Crippen molar-refractivity contribution in [3.8, 4) is 0 Å². The van der Waals surface area contributed by atoms with Crippen LogP contribution in [0.1, 0.15) is 118 Å². The van der Waals surface area contributed by atoms with Gasteiger partial charge in [0.15, 0.2) is 0 Å². The molecule has 1 heterocycles. The zero-order chi connectivity index (χ0) is 22.3. The molecule has 1 N–H and O–H groups in total. The Morgan fingerprint density at radius 3 is 1.58 bits per heavy atom. The molecule has 0 saturated carbocycles. The molecule has 172 valence electrons. The van der Waals surface area contributed by atoms with Gasteiger partial charge in [0.25, 0.3) is 11.8 Å². The summed E-state index contributed by atoms with van der Waals surface area (Å²) in [5, 5.41) is 2.84. The fraction of sp³-hybridized carbons (Fsp3) is 0.654. The van der Waals surface area contributed by atoms with Gasteiger partial charge in [0.1, 0.15) is 6.54 Å². The molecule has 0 fully saturated rings. The smallest absolute Gasteiger partial charge is 0.262 e. The summed E-state index contributed by atoms with van der Waals surface area (Å²) in [5.41, 5.74) is 0.763. The van der Waals surface area contributed by atoms with Gasteiger partial charge in [-0.1, -0.05) is 103 Å². The zero-order valence-electron chi connectivity index (χ0n) is 19.3. The van der Waals surface area contributed by atoms with Crippen LogP contribution in [0.4, 0.5) is 0 Å². The Morgan fingerprint density at radius 2 is 1.13 bits per heavy atom. The molecule has 1 aromatic carbocycles. The van der Waals surface area contributed by atoms with E-state index in [0.717, 1.165) is 17.7 Å². The summed E-state index contributed by atoms with van der Waals surface area (Å²) in [5.74, 6) is -1.04. The van der Waals surface area contributed by atoms with Gasteiger partial charge >= 0.3 is 0 Å². The minimum absolute atomic E-state index is 0.203. The number of nitrogens with zero attached hydrogens (tertiary/aromatic N) is 1.